The van der Waals surface area contributed by atoms with E-state index >= 15 is 0 Å². The van der Waals surface area contributed by atoms with Crippen LogP contribution in [0, 0.1) is 0 Å². The number of aromatic nitrogens is 3. The van der Waals surface area contributed by atoms with E-state index in [1.165, 1.54) is 5.56 Å². The summed E-state index contributed by atoms with van der Waals surface area (Å²) >= 11 is 0. The van der Waals surface area contributed by atoms with E-state index in [1.54, 1.807) is 6.20 Å². The van der Waals surface area contributed by atoms with Crippen LogP contribution in [0.1, 0.15) is 38.4 Å². The number of anilines is 1. The summed E-state index contributed by atoms with van der Waals surface area (Å²) in [5, 5.41) is 3.44. The van der Waals surface area contributed by atoms with E-state index in [0.717, 1.165) is 62.0 Å². The second-order valence-electron chi connectivity index (χ2n) is 7.48. The average Bonchev–Trinajstić information content (AvgIpc) is 3.16. The minimum atomic E-state index is 0.575. The second kappa shape index (κ2) is 7.29. The molecule has 2 aliphatic rings. The summed E-state index contributed by atoms with van der Waals surface area (Å²) in [5.74, 6) is 1.90. The van der Waals surface area contributed by atoms with Gasteiger partial charge in [0.25, 0.3) is 0 Å². The maximum Gasteiger partial charge on any atom is 0.163 e. The van der Waals surface area contributed by atoms with Gasteiger partial charge in [-0.25, -0.2) is 9.97 Å². The van der Waals surface area contributed by atoms with Gasteiger partial charge in [-0.15, -0.1) is 0 Å². The van der Waals surface area contributed by atoms with E-state index in [1.807, 2.05) is 18.3 Å². The first-order valence-electron chi connectivity index (χ1n) is 9.69. The number of fused-ring (bicyclic) bond motifs is 1. The van der Waals surface area contributed by atoms with Crippen LogP contribution in [0.15, 0.2) is 24.5 Å². The van der Waals surface area contributed by atoms with E-state index in [-0.39, 0.29) is 0 Å². The van der Waals surface area contributed by atoms with Crippen LogP contribution in [0.2, 0.25) is 0 Å². The Morgan fingerprint density at radius 2 is 2.12 bits per heavy atom. The van der Waals surface area contributed by atoms with Gasteiger partial charge < -0.3 is 10.2 Å². The first-order valence-corrected chi connectivity index (χ1v) is 9.69. The third kappa shape index (κ3) is 3.19. The highest BCUT2D eigenvalue weighted by Gasteiger charge is 2.31. The van der Waals surface area contributed by atoms with Crippen LogP contribution in [-0.4, -0.2) is 51.6 Å². The molecule has 6 nitrogen and oxygen atoms in total. The van der Waals surface area contributed by atoms with Crippen molar-refractivity contribution in [3.63, 3.8) is 0 Å². The summed E-state index contributed by atoms with van der Waals surface area (Å²) in [6, 6.07) is 5.14. The molecule has 0 saturated carbocycles. The van der Waals surface area contributed by atoms with Crippen LogP contribution in [0.25, 0.3) is 11.4 Å². The Hall–Kier alpha value is -2.05. The Morgan fingerprint density at radius 3 is 2.85 bits per heavy atom. The molecule has 0 radical (unpaired) electrons. The smallest absolute Gasteiger partial charge is 0.163 e. The van der Waals surface area contributed by atoms with Gasteiger partial charge in [0.05, 0.1) is 5.69 Å². The lowest BCUT2D eigenvalue weighted by atomic mass is 10.1. The number of nitrogens with one attached hydrogen (secondary N) is 1. The molecule has 1 fully saturated rings. The van der Waals surface area contributed by atoms with Gasteiger partial charge in [-0.1, -0.05) is 6.92 Å². The molecular weight excluding hydrogens is 324 g/mol. The van der Waals surface area contributed by atoms with E-state index in [4.69, 9.17) is 9.97 Å². The van der Waals surface area contributed by atoms with Crippen molar-refractivity contribution in [2.45, 2.75) is 52.4 Å². The van der Waals surface area contributed by atoms with Crippen LogP contribution in [-0.2, 0) is 13.1 Å². The van der Waals surface area contributed by atoms with Crippen molar-refractivity contribution in [1.82, 2.24) is 25.2 Å². The molecule has 1 saturated heterocycles. The molecule has 1 N–H and O–H groups in total. The highest BCUT2D eigenvalue weighted by molar-refractivity contribution is 5.60. The molecule has 4 heterocycles. The molecule has 26 heavy (non-hydrogen) atoms. The third-order valence-corrected chi connectivity index (χ3v) is 5.55. The monoisotopic (exact) mass is 352 g/mol. The highest BCUT2D eigenvalue weighted by Crippen LogP contribution is 2.30. The molecule has 4 rings (SSSR count). The molecule has 0 bridgehead atoms. The van der Waals surface area contributed by atoms with E-state index < -0.39 is 0 Å². The Kier molecular flexibility index (Phi) is 4.87. The van der Waals surface area contributed by atoms with Crippen LogP contribution in [0.3, 0.4) is 0 Å². The number of hydrogen-bond donors (Lipinski definition) is 1. The van der Waals surface area contributed by atoms with Gasteiger partial charge in [0.2, 0.25) is 0 Å². The molecule has 0 aromatic carbocycles. The first-order chi connectivity index (χ1) is 12.7. The van der Waals surface area contributed by atoms with Crippen molar-refractivity contribution in [1.29, 1.82) is 0 Å². The van der Waals surface area contributed by atoms with Crippen molar-refractivity contribution in [3.05, 3.63) is 35.8 Å². The summed E-state index contributed by atoms with van der Waals surface area (Å²) in [6.07, 6.45) is 4.80. The summed E-state index contributed by atoms with van der Waals surface area (Å²) in [5.41, 5.74) is 3.38. The predicted octanol–water partition coefficient (Wildman–Crippen LogP) is 2.45. The fourth-order valence-corrected chi connectivity index (χ4v) is 4.14. The van der Waals surface area contributed by atoms with Crippen LogP contribution < -0.4 is 10.2 Å². The molecule has 0 amide bonds. The van der Waals surface area contributed by atoms with Crippen LogP contribution >= 0.6 is 0 Å². The quantitative estimate of drug-likeness (QED) is 0.912. The summed E-state index contributed by atoms with van der Waals surface area (Å²) < 4.78 is 0. The molecule has 2 aliphatic heterocycles. The zero-order chi connectivity index (χ0) is 18.1. The van der Waals surface area contributed by atoms with Gasteiger partial charge in [-0.2, -0.15) is 0 Å². The van der Waals surface area contributed by atoms with Crippen molar-refractivity contribution in [3.8, 4) is 11.4 Å². The minimum Gasteiger partial charge on any atom is -0.353 e. The molecule has 0 spiro atoms. The van der Waals surface area contributed by atoms with Crippen molar-refractivity contribution in [2.24, 2.45) is 0 Å². The zero-order valence-electron chi connectivity index (χ0n) is 15.9. The minimum absolute atomic E-state index is 0.575. The maximum absolute atomic E-state index is 4.99. The van der Waals surface area contributed by atoms with Crippen molar-refractivity contribution in [2.75, 3.05) is 24.5 Å². The number of rotatable bonds is 4. The number of pyridine rings is 1. The molecule has 0 aliphatic carbocycles. The predicted molar refractivity (Wildman–Crippen MR) is 104 cm³/mol. The fourth-order valence-electron chi connectivity index (χ4n) is 4.14. The van der Waals surface area contributed by atoms with Crippen LogP contribution in [0.4, 0.5) is 5.82 Å². The van der Waals surface area contributed by atoms with Crippen molar-refractivity contribution >= 4 is 5.82 Å². The van der Waals surface area contributed by atoms with Crippen molar-refractivity contribution < 1.29 is 0 Å². The van der Waals surface area contributed by atoms with Gasteiger partial charge in [0.1, 0.15) is 5.82 Å². The highest BCUT2D eigenvalue weighted by atomic mass is 15.3. The summed E-state index contributed by atoms with van der Waals surface area (Å²) in [7, 11) is 0. The van der Waals surface area contributed by atoms with Gasteiger partial charge >= 0.3 is 0 Å². The molecule has 2 aromatic rings. The molecule has 1 atom stereocenters. The van der Waals surface area contributed by atoms with Gasteiger partial charge in [-0.3, -0.25) is 9.88 Å². The molecule has 6 heteroatoms. The largest absolute Gasteiger partial charge is 0.353 e. The third-order valence-electron chi connectivity index (χ3n) is 5.55. The number of piperazine rings is 1. The SMILES string of the molecule is CC[C@H]1CN(c2nc(-c3cccnc3)nc3c2CNC3)CCN1C(C)C. The fraction of sp³-hybridized carbons (Fsp3) is 0.550. The lowest BCUT2D eigenvalue weighted by Gasteiger charge is -2.44. The summed E-state index contributed by atoms with van der Waals surface area (Å²) in [4.78, 5) is 19.1. The molecule has 0 unspecified atom stereocenters. The Morgan fingerprint density at radius 1 is 1.23 bits per heavy atom. The lowest BCUT2D eigenvalue weighted by molar-refractivity contribution is 0.133. The van der Waals surface area contributed by atoms with Gasteiger partial charge in [-0.05, 0) is 32.4 Å². The average molecular weight is 352 g/mol. The normalized spacial score (nSPS) is 20.6. The van der Waals surface area contributed by atoms with Gasteiger partial charge in [0, 0.05) is 68.3 Å². The lowest BCUT2D eigenvalue weighted by Crippen LogP contribution is -2.55. The van der Waals surface area contributed by atoms with Crippen LogP contribution in [0.5, 0.6) is 0 Å². The number of nitrogens with zero attached hydrogens (tertiary/aromatic N) is 5. The van der Waals surface area contributed by atoms with E-state index in [9.17, 15) is 0 Å². The topological polar surface area (TPSA) is 57.2 Å². The Labute approximate surface area is 155 Å². The Balaban J connectivity index is 1.69. The first kappa shape index (κ1) is 17.4. The second-order valence-corrected chi connectivity index (χ2v) is 7.48. The van der Waals surface area contributed by atoms with E-state index in [2.05, 4.69) is 40.9 Å². The van der Waals surface area contributed by atoms with Gasteiger partial charge in [0.15, 0.2) is 5.82 Å². The van der Waals surface area contributed by atoms with E-state index in [0.29, 0.717) is 12.1 Å². The maximum atomic E-state index is 4.99. The summed E-state index contributed by atoms with van der Waals surface area (Å²) in [6.45, 7) is 11.7. The zero-order valence-corrected chi connectivity index (χ0v) is 15.9. The standard InChI is InChI=1S/C20H28N6/c1-4-16-13-25(8-9-26(16)14(2)3)20-17-11-22-12-18(17)23-19(24-20)15-6-5-7-21-10-15/h5-7,10,14,16,22H,4,8-9,11-13H2,1-3H3/t16-/m0/s1. The number of hydrogen-bond acceptors (Lipinski definition) is 6. The Bertz CT molecular complexity index is 760. The molecular formula is C20H28N6. The molecule has 2 aromatic heterocycles. The molecule has 138 valence electrons.